The van der Waals surface area contributed by atoms with E-state index in [0.717, 1.165) is 17.0 Å². The zero-order chi connectivity index (χ0) is 18.4. The molecule has 0 heterocycles. The molecule has 132 valence electrons. The van der Waals surface area contributed by atoms with Crippen molar-refractivity contribution >= 4 is 52.8 Å². The van der Waals surface area contributed by atoms with E-state index in [4.69, 9.17) is 23.2 Å². The number of ketones is 1. The van der Waals surface area contributed by atoms with Crippen molar-refractivity contribution in [3.05, 3.63) is 57.6 Å². The molecule has 0 saturated carbocycles. The summed E-state index contributed by atoms with van der Waals surface area (Å²) >= 11 is 13.7. The number of carbonyl (C=O) groups excluding carboxylic acids is 1. The van der Waals surface area contributed by atoms with Crippen LogP contribution in [-0.4, -0.2) is 36.4 Å². The molecule has 0 aromatic heterocycles. The topological polar surface area (TPSA) is 32.7 Å². The van der Waals surface area contributed by atoms with Gasteiger partial charge in [-0.15, -0.1) is 11.8 Å². The first kappa shape index (κ1) is 19.8. The van der Waals surface area contributed by atoms with Crippen LogP contribution in [0.3, 0.4) is 0 Å². The molecule has 0 aliphatic rings. The summed E-state index contributed by atoms with van der Waals surface area (Å²) in [7, 11) is 1.94. The highest BCUT2D eigenvalue weighted by molar-refractivity contribution is 8.00. The molecule has 0 aliphatic carbocycles. The molecule has 2 aromatic carbocycles. The largest absolute Gasteiger partial charge is 0.366 e. The molecule has 0 atom stereocenters. The van der Waals surface area contributed by atoms with Crippen molar-refractivity contribution in [1.82, 2.24) is 4.90 Å². The van der Waals surface area contributed by atoms with Crippen molar-refractivity contribution in [2.24, 2.45) is 4.99 Å². The van der Waals surface area contributed by atoms with Gasteiger partial charge in [0.2, 0.25) is 0 Å². The molecule has 2 aromatic rings. The second kappa shape index (κ2) is 9.27. The van der Waals surface area contributed by atoms with Crippen molar-refractivity contribution in [2.45, 2.75) is 18.7 Å². The van der Waals surface area contributed by atoms with Crippen LogP contribution in [0.5, 0.6) is 0 Å². The van der Waals surface area contributed by atoms with E-state index in [1.165, 1.54) is 11.8 Å². The molecule has 0 spiro atoms. The second-order valence-corrected chi connectivity index (χ2v) is 7.50. The summed E-state index contributed by atoms with van der Waals surface area (Å²) in [5.74, 6) is 0.365. The Morgan fingerprint density at radius 1 is 1.28 bits per heavy atom. The summed E-state index contributed by atoms with van der Waals surface area (Å²) in [6.07, 6.45) is 1.73. The van der Waals surface area contributed by atoms with Crippen LogP contribution < -0.4 is 0 Å². The van der Waals surface area contributed by atoms with Crippen molar-refractivity contribution in [1.29, 1.82) is 0 Å². The van der Waals surface area contributed by atoms with Gasteiger partial charge in [-0.1, -0.05) is 29.3 Å². The van der Waals surface area contributed by atoms with Crippen LogP contribution in [0.25, 0.3) is 0 Å². The summed E-state index contributed by atoms with van der Waals surface area (Å²) in [6, 6.07) is 11.0. The number of aliphatic imine (C=N–C) groups is 1. The number of hydrogen-bond donors (Lipinski definition) is 0. The molecule has 0 bridgehead atoms. The van der Waals surface area contributed by atoms with Gasteiger partial charge in [0, 0.05) is 29.1 Å². The lowest BCUT2D eigenvalue weighted by Crippen LogP contribution is -2.14. The van der Waals surface area contributed by atoms with Gasteiger partial charge in [-0.05, 0) is 49.7 Å². The Morgan fingerprint density at radius 3 is 2.72 bits per heavy atom. The number of hydrogen-bond acceptors (Lipinski definition) is 3. The Balaban J connectivity index is 2.12. The van der Waals surface area contributed by atoms with E-state index >= 15 is 0 Å². The average molecular weight is 395 g/mol. The van der Waals surface area contributed by atoms with Crippen LogP contribution in [-0.2, 0) is 0 Å². The lowest BCUT2D eigenvalue weighted by atomic mass is 10.0. The van der Waals surface area contributed by atoms with Crippen LogP contribution in [0, 0.1) is 6.92 Å². The van der Waals surface area contributed by atoms with Gasteiger partial charge in [0.15, 0.2) is 5.78 Å². The van der Waals surface area contributed by atoms with Crippen molar-refractivity contribution in [3.8, 4) is 0 Å². The molecular weight excluding hydrogens is 375 g/mol. The Morgan fingerprint density at radius 2 is 2.04 bits per heavy atom. The number of benzene rings is 2. The van der Waals surface area contributed by atoms with Crippen LogP contribution in [0.15, 0.2) is 46.3 Å². The van der Waals surface area contributed by atoms with Gasteiger partial charge in [0.25, 0.3) is 0 Å². The molecule has 0 radical (unpaired) electrons. The van der Waals surface area contributed by atoms with Crippen molar-refractivity contribution in [2.75, 3.05) is 19.3 Å². The fraction of sp³-hybridized carbons (Fsp3) is 0.263. The summed E-state index contributed by atoms with van der Waals surface area (Å²) in [4.78, 5) is 19.8. The lowest BCUT2D eigenvalue weighted by molar-refractivity contribution is 0.102. The number of halogens is 2. The maximum absolute atomic E-state index is 12.5. The van der Waals surface area contributed by atoms with Crippen molar-refractivity contribution < 1.29 is 4.79 Å². The molecule has 6 heteroatoms. The Hall–Kier alpha value is -1.49. The summed E-state index contributed by atoms with van der Waals surface area (Å²) in [6.45, 7) is 4.80. The molecule has 0 amide bonds. The van der Waals surface area contributed by atoms with Crippen LogP contribution >= 0.6 is 35.0 Å². The maximum Gasteiger partial charge on any atom is 0.173 e. The Bertz CT molecular complexity index is 793. The highest BCUT2D eigenvalue weighted by atomic mass is 35.5. The molecule has 0 saturated heterocycles. The van der Waals surface area contributed by atoms with E-state index in [9.17, 15) is 4.79 Å². The third kappa shape index (κ3) is 5.77. The molecule has 2 rings (SSSR count). The highest BCUT2D eigenvalue weighted by Gasteiger charge is 2.13. The number of nitrogens with zero attached hydrogens (tertiary/aromatic N) is 2. The zero-order valence-electron chi connectivity index (χ0n) is 14.4. The van der Waals surface area contributed by atoms with Gasteiger partial charge in [0.1, 0.15) is 0 Å². The molecule has 3 nitrogen and oxygen atoms in total. The minimum absolute atomic E-state index is 0.0329. The fourth-order valence-electron chi connectivity index (χ4n) is 2.09. The Kier molecular flexibility index (Phi) is 7.36. The average Bonchev–Trinajstić information content (AvgIpc) is 2.59. The Labute approximate surface area is 163 Å². The van der Waals surface area contributed by atoms with Gasteiger partial charge in [-0.3, -0.25) is 4.79 Å². The van der Waals surface area contributed by atoms with Crippen LogP contribution in [0.2, 0.25) is 10.0 Å². The van der Waals surface area contributed by atoms with E-state index in [-0.39, 0.29) is 5.78 Å². The van der Waals surface area contributed by atoms with E-state index in [2.05, 4.69) is 4.99 Å². The van der Waals surface area contributed by atoms with Crippen LogP contribution in [0.1, 0.15) is 22.8 Å². The van der Waals surface area contributed by atoms with Gasteiger partial charge in [-0.2, -0.15) is 0 Å². The first-order valence-electron chi connectivity index (χ1n) is 7.87. The smallest absolute Gasteiger partial charge is 0.173 e. The summed E-state index contributed by atoms with van der Waals surface area (Å²) in [5, 5.41) is 1.14. The van der Waals surface area contributed by atoms with Gasteiger partial charge in [0.05, 0.1) is 22.8 Å². The number of aryl methyl sites for hydroxylation is 1. The quantitative estimate of drug-likeness (QED) is 0.254. The zero-order valence-corrected chi connectivity index (χ0v) is 16.8. The first-order valence-corrected chi connectivity index (χ1v) is 9.61. The standard InChI is InChI=1S/C19H20Cl2N2OS/c1-4-23(3)12-22-18-8-13(2)16(10-17(18)21)19(24)11-25-15-7-5-6-14(20)9-15/h5-10,12H,4,11H2,1-3H3/b22-12-. The van der Waals surface area contributed by atoms with E-state index in [0.29, 0.717) is 27.0 Å². The van der Waals surface area contributed by atoms with Crippen LogP contribution in [0.4, 0.5) is 5.69 Å². The summed E-state index contributed by atoms with van der Waals surface area (Å²) < 4.78 is 0. The monoisotopic (exact) mass is 394 g/mol. The third-order valence-corrected chi connectivity index (χ3v) is 5.18. The van der Waals surface area contributed by atoms with Gasteiger partial charge >= 0.3 is 0 Å². The van der Waals surface area contributed by atoms with E-state index in [1.54, 1.807) is 12.4 Å². The molecular formula is C19H20Cl2N2OS. The van der Waals surface area contributed by atoms with Crippen molar-refractivity contribution in [3.63, 3.8) is 0 Å². The predicted molar refractivity (Wildman–Crippen MR) is 109 cm³/mol. The fourth-order valence-corrected chi connectivity index (χ4v) is 3.40. The second-order valence-electron chi connectivity index (χ2n) is 5.61. The number of Topliss-reactive ketones (excluding diaryl/α,β-unsaturated/α-hetero) is 1. The predicted octanol–water partition coefficient (Wildman–Crippen LogP) is 5.89. The first-order chi connectivity index (χ1) is 11.9. The molecule has 0 fully saturated rings. The highest BCUT2D eigenvalue weighted by Crippen LogP contribution is 2.30. The molecule has 0 aliphatic heterocycles. The summed E-state index contributed by atoms with van der Waals surface area (Å²) in [5.41, 5.74) is 2.16. The number of carbonyl (C=O) groups is 1. The van der Waals surface area contributed by atoms with Gasteiger partial charge < -0.3 is 4.90 Å². The van der Waals surface area contributed by atoms with E-state index in [1.807, 2.05) is 56.1 Å². The lowest BCUT2D eigenvalue weighted by Gasteiger charge is -2.10. The number of thioether (sulfide) groups is 1. The molecule has 25 heavy (non-hydrogen) atoms. The molecule has 0 N–H and O–H groups in total. The third-order valence-electron chi connectivity index (χ3n) is 3.65. The van der Waals surface area contributed by atoms with Gasteiger partial charge in [-0.25, -0.2) is 4.99 Å². The minimum Gasteiger partial charge on any atom is -0.366 e. The van der Waals surface area contributed by atoms with E-state index < -0.39 is 0 Å². The number of rotatable bonds is 7. The SMILES string of the molecule is CCN(C)/C=N\c1cc(C)c(C(=O)CSc2cccc(Cl)c2)cc1Cl. The normalized spacial score (nSPS) is 11.1. The minimum atomic E-state index is 0.0329. The maximum atomic E-state index is 12.5. The molecule has 0 unspecified atom stereocenters.